The van der Waals surface area contributed by atoms with E-state index in [0.29, 0.717) is 6.54 Å². The molecule has 0 aliphatic rings. The Labute approximate surface area is 128 Å². The quantitative estimate of drug-likeness (QED) is 0.864. The van der Waals surface area contributed by atoms with Gasteiger partial charge in [0.1, 0.15) is 0 Å². The van der Waals surface area contributed by atoms with Crippen LogP contribution in [0.15, 0.2) is 30.3 Å². The molecule has 2 rings (SSSR count). The van der Waals surface area contributed by atoms with Gasteiger partial charge in [-0.1, -0.05) is 23.7 Å². The van der Waals surface area contributed by atoms with Gasteiger partial charge in [-0.25, -0.2) is 0 Å². The molecule has 3 nitrogen and oxygen atoms in total. The fourth-order valence-corrected chi connectivity index (χ4v) is 3.11. The molecular formula is C15H18ClNO2S. The summed E-state index contributed by atoms with van der Waals surface area (Å²) in [6.07, 6.45) is 0. The summed E-state index contributed by atoms with van der Waals surface area (Å²) in [4.78, 5) is 1.22. The molecule has 0 saturated carbocycles. The first kappa shape index (κ1) is 15.2. The molecule has 5 heteroatoms. The van der Waals surface area contributed by atoms with Crippen molar-refractivity contribution in [3.05, 3.63) is 45.1 Å². The minimum Gasteiger partial charge on any atom is -0.493 e. The van der Waals surface area contributed by atoms with E-state index in [9.17, 15) is 0 Å². The zero-order chi connectivity index (χ0) is 14.5. The molecule has 0 radical (unpaired) electrons. The minimum atomic E-state index is 0.239. The Morgan fingerprint density at radius 1 is 1.20 bits per heavy atom. The van der Waals surface area contributed by atoms with Gasteiger partial charge < -0.3 is 14.8 Å². The van der Waals surface area contributed by atoms with Crippen LogP contribution in [0.25, 0.3) is 0 Å². The average molecular weight is 312 g/mol. The number of rotatable bonds is 6. The molecular weight excluding hydrogens is 294 g/mol. The van der Waals surface area contributed by atoms with Crippen LogP contribution in [0.1, 0.15) is 23.4 Å². The van der Waals surface area contributed by atoms with Crippen molar-refractivity contribution in [1.29, 1.82) is 0 Å². The van der Waals surface area contributed by atoms with Gasteiger partial charge in [-0.05, 0) is 25.1 Å². The van der Waals surface area contributed by atoms with Crippen LogP contribution in [-0.4, -0.2) is 14.2 Å². The molecule has 1 atom stereocenters. The highest BCUT2D eigenvalue weighted by Crippen LogP contribution is 2.31. The summed E-state index contributed by atoms with van der Waals surface area (Å²) in [6.45, 7) is 2.83. The van der Waals surface area contributed by atoms with E-state index in [4.69, 9.17) is 21.1 Å². The molecule has 108 valence electrons. The fourth-order valence-electron chi connectivity index (χ4n) is 2.02. The van der Waals surface area contributed by atoms with E-state index in [-0.39, 0.29) is 6.04 Å². The standard InChI is InChI=1S/C15H18ClNO2S/c1-10(13-7-8-14(16)20-13)17-9-11-5-4-6-12(18-2)15(11)19-3/h4-8,10,17H,9H2,1-3H3. The number of thiophene rings is 1. The Morgan fingerprint density at radius 2 is 2.00 bits per heavy atom. The highest BCUT2D eigenvalue weighted by Gasteiger charge is 2.12. The van der Waals surface area contributed by atoms with Crippen molar-refractivity contribution in [2.45, 2.75) is 19.5 Å². The van der Waals surface area contributed by atoms with Gasteiger partial charge in [-0.15, -0.1) is 11.3 Å². The van der Waals surface area contributed by atoms with Crippen molar-refractivity contribution in [2.75, 3.05) is 14.2 Å². The molecule has 0 spiro atoms. The molecule has 20 heavy (non-hydrogen) atoms. The zero-order valence-corrected chi connectivity index (χ0v) is 13.3. The van der Waals surface area contributed by atoms with Gasteiger partial charge in [0.15, 0.2) is 11.5 Å². The summed E-state index contributed by atoms with van der Waals surface area (Å²) in [5.41, 5.74) is 1.07. The average Bonchev–Trinajstić information content (AvgIpc) is 2.90. The van der Waals surface area contributed by atoms with Crippen molar-refractivity contribution in [2.24, 2.45) is 0 Å². The van der Waals surface area contributed by atoms with E-state index in [0.717, 1.165) is 21.4 Å². The number of benzene rings is 1. The summed E-state index contributed by atoms with van der Waals surface area (Å²) >= 11 is 7.56. The third kappa shape index (κ3) is 3.45. The number of ether oxygens (including phenoxy) is 2. The molecule has 2 aromatic rings. The van der Waals surface area contributed by atoms with Crippen LogP contribution < -0.4 is 14.8 Å². The van der Waals surface area contributed by atoms with Crippen molar-refractivity contribution >= 4 is 22.9 Å². The predicted molar refractivity (Wildman–Crippen MR) is 84.1 cm³/mol. The number of hydrogen-bond acceptors (Lipinski definition) is 4. The third-order valence-electron chi connectivity index (χ3n) is 3.10. The van der Waals surface area contributed by atoms with Crippen LogP contribution in [0.2, 0.25) is 4.34 Å². The van der Waals surface area contributed by atoms with Gasteiger partial charge >= 0.3 is 0 Å². The van der Waals surface area contributed by atoms with Gasteiger partial charge in [0, 0.05) is 23.0 Å². The summed E-state index contributed by atoms with van der Waals surface area (Å²) in [6, 6.07) is 10.1. The van der Waals surface area contributed by atoms with Crippen molar-refractivity contribution in [3.63, 3.8) is 0 Å². The van der Waals surface area contributed by atoms with E-state index in [1.165, 1.54) is 4.88 Å². The second-order valence-corrected chi connectivity index (χ2v) is 6.14. The van der Waals surface area contributed by atoms with Crippen LogP contribution in [0.4, 0.5) is 0 Å². The van der Waals surface area contributed by atoms with E-state index in [1.54, 1.807) is 25.6 Å². The molecule has 0 saturated heterocycles. The molecule has 0 amide bonds. The van der Waals surface area contributed by atoms with Gasteiger partial charge in [0.2, 0.25) is 0 Å². The fraction of sp³-hybridized carbons (Fsp3) is 0.333. The molecule has 1 heterocycles. The molecule has 0 aliphatic carbocycles. The van der Waals surface area contributed by atoms with Crippen LogP contribution in [0.3, 0.4) is 0 Å². The highest BCUT2D eigenvalue weighted by atomic mass is 35.5. The summed E-state index contributed by atoms with van der Waals surface area (Å²) in [7, 11) is 3.30. The third-order valence-corrected chi connectivity index (χ3v) is 4.52. The molecule has 1 aromatic carbocycles. The van der Waals surface area contributed by atoms with Crippen LogP contribution in [0.5, 0.6) is 11.5 Å². The predicted octanol–water partition coefficient (Wildman–Crippen LogP) is 4.27. The Kier molecular flexibility index (Phi) is 5.29. The minimum absolute atomic E-state index is 0.239. The highest BCUT2D eigenvalue weighted by molar-refractivity contribution is 7.16. The van der Waals surface area contributed by atoms with E-state index >= 15 is 0 Å². The number of para-hydroxylation sites is 1. The second-order valence-electron chi connectivity index (χ2n) is 4.40. The lowest BCUT2D eigenvalue weighted by atomic mass is 10.1. The lowest BCUT2D eigenvalue weighted by molar-refractivity contribution is 0.350. The van der Waals surface area contributed by atoms with Crippen LogP contribution in [-0.2, 0) is 6.54 Å². The zero-order valence-electron chi connectivity index (χ0n) is 11.8. The monoisotopic (exact) mass is 311 g/mol. The van der Waals surface area contributed by atoms with E-state index < -0.39 is 0 Å². The van der Waals surface area contributed by atoms with Gasteiger partial charge in [0.25, 0.3) is 0 Å². The first-order valence-corrected chi connectivity index (χ1v) is 7.53. The number of methoxy groups -OCH3 is 2. The molecule has 1 aromatic heterocycles. The molecule has 0 fully saturated rings. The van der Waals surface area contributed by atoms with Crippen LogP contribution in [0, 0.1) is 0 Å². The van der Waals surface area contributed by atoms with Crippen molar-refractivity contribution in [1.82, 2.24) is 5.32 Å². The number of hydrogen-bond donors (Lipinski definition) is 1. The topological polar surface area (TPSA) is 30.5 Å². The Morgan fingerprint density at radius 3 is 2.60 bits per heavy atom. The number of nitrogens with one attached hydrogen (secondary N) is 1. The second kappa shape index (κ2) is 6.97. The van der Waals surface area contributed by atoms with E-state index in [2.05, 4.69) is 12.2 Å². The largest absolute Gasteiger partial charge is 0.493 e. The maximum absolute atomic E-state index is 5.96. The Hall–Kier alpha value is -1.23. The van der Waals surface area contributed by atoms with Crippen molar-refractivity contribution in [3.8, 4) is 11.5 Å². The Bertz CT molecular complexity index is 571. The SMILES string of the molecule is COc1cccc(CNC(C)c2ccc(Cl)s2)c1OC. The number of halogens is 1. The lowest BCUT2D eigenvalue weighted by Crippen LogP contribution is -2.17. The van der Waals surface area contributed by atoms with Crippen molar-refractivity contribution < 1.29 is 9.47 Å². The molecule has 0 aliphatic heterocycles. The van der Waals surface area contributed by atoms with Gasteiger partial charge in [-0.3, -0.25) is 0 Å². The molecule has 1 N–H and O–H groups in total. The van der Waals surface area contributed by atoms with Gasteiger partial charge in [-0.2, -0.15) is 0 Å². The summed E-state index contributed by atoms with van der Waals surface area (Å²) < 4.78 is 11.5. The molecule has 0 bridgehead atoms. The summed E-state index contributed by atoms with van der Waals surface area (Å²) in [5, 5.41) is 3.47. The molecule has 1 unspecified atom stereocenters. The van der Waals surface area contributed by atoms with Gasteiger partial charge in [0.05, 0.1) is 18.6 Å². The first-order chi connectivity index (χ1) is 9.65. The maximum Gasteiger partial charge on any atom is 0.165 e. The smallest absolute Gasteiger partial charge is 0.165 e. The lowest BCUT2D eigenvalue weighted by Gasteiger charge is -2.16. The first-order valence-electron chi connectivity index (χ1n) is 6.34. The normalized spacial score (nSPS) is 12.2. The Balaban J connectivity index is 2.07. The summed E-state index contributed by atoms with van der Waals surface area (Å²) in [5.74, 6) is 1.53. The maximum atomic E-state index is 5.96. The van der Waals surface area contributed by atoms with Crippen LogP contribution >= 0.6 is 22.9 Å². The van der Waals surface area contributed by atoms with E-state index in [1.807, 2.05) is 30.3 Å².